The number of primary amides is 1. The third-order valence-corrected chi connectivity index (χ3v) is 8.23. The molecule has 1 aromatic carbocycles. The largest absolute Gasteiger partial charge is 0.494 e. The molecule has 1 heterocycles. The molecule has 54 heavy (non-hydrogen) atoms. The van der Waals surface area contributed by atoms with Crippen LogP contribution in [0.25, 0.3) is 6.08 Å². The monoisotopic (exact) mass is 774 g/mol. The fourth-order valence-electron chi connectivity index (χ4n) is 4.80. The Morgan fingerprint density at radius 2 is 1.19 bits per heavy atom. The first kappa shape index (κ1) is 44.1. The van der Waals surface area contributed by atoms with Crippen LogP contribution in [0.15, 0.2) is 44.1 Å². The van der Waals surface area contributed by atoms with Gasteiger partial charge in [-0.2, -0.15) is 0 Å². The molecular weight excluding hydrogens is 725 g/mol. The molecule has 1 fully saturated rings. The lowest BCUT2D eigenvalue weighted by Gasteiger charge is -2.25. The van der Waals surface area contributed by atoms with E-state index in [9.17, 15) is 28.8 Å². The number of carbonyl (C=O) groups excluding carboxylic acids is 6. The molecule has 1 aliphatic rings. The summed E-state index contributed by atoms with van der Waals surface area (Å²) in [6.45, 7) is 0.709. The maximum atomic E-state index is 13.6. The van der Waals surface area contributed by atoms with E-state index in [1.165, 1.54) is 0 Å². The minimum Gasteiger partial charge on any atom is -0.494 e. The van der Waals surface area contributed by atoms with Crippen LogP contribution in [0.4, 0.5) is 4.79 Å². The second-order valence-corrected chi connectivity index (χ2v) is 12.9. The number of ether oxygens (including phenoxy) is 1. The molecule has 6 amide bonds. The lowest BCUT2D eigenvalue weighted by molar-refractivity contribution is -0.133. The molecular formula is C32H50N14O7S. The Bertz CT molecular complexity index is 1590. The maximum absolute atomic E-state index is 13.6. The van der Waals surface area contributed by atoms with Crippen molar-refractivity contribution in [2.45, 2.75) is 69.5 Å². The molecule has 0 saturated carbocycles. The molecule has 22 heteroatoms. The highest BCUT2D eigenvalue weighted by Gasteiger charge is 2.29. The number of imide groups is 1. The third-order valence-electron chi connectivity index (χ3n) is 7.42. The number of benzene rings is 1. The Morgan fingerprint density at radius 1 is 0.704 bits per heavy atom. The number of nitrogens with two attached hydrogens (primary N) is 7. The summed E-state index contributed by atoms with van der Waals surface area (Å²) in [4.78, 5) is 87.2. The van der Waals surface area contributed by atoms with Gasteiger partial charge in [0.2, 0.25) is 23.6 Å². The number of amides is 6. The second kappa shape index (κ2) is 23.5. The third kappa shape index (κ3) is 17.9. The van der Waals surface area contributed by atoms with E-state index in [1.54, 1.807) is 30.3 Å². The van der Waals surface area contributed by atoms with Crippen LogP contribution in [0.1, 0.15) is 56.9 Å². The lowest BCUT2D eigenvalue weighted by atomic mass is 10.1. The van der Waals surface area contributed by atoms with Crippen molar-refractivity contribution in [1.82, 2.24) is 21.3 Å². The fraction of sp³-hybridized carbons (Fsp3) is 0.469. The molecule has 18 N–H and O–H groups in total. The molecule has 1 aliphatic heterocycles. The number of rotatable bonds is 24. The highest BCUT2D eigenvalue weighted by atomic mass is 32.2. The molecule has 0 spiro atoms. The summed E-state index contributed by atoms with van der Waals surface area (Å²) in [6.07, 6.45) is 3.14. The van der Waals surface area contributed by atoms with Crippen LogP contribution >= 0.6 is 11.8 Å². The summed E-state index contributed by atoms with van der Waals surface area (Å²) >= 11 is 0.817. The molecule has 2 rings (SSSR count). The van der Waals surface area contributed by atoms with Crippen LogP contribution in [0, 0.1) is 0 Å². The van der Waals surface area contributed by atoms with Crippen molar-refractivity contribution in [3.63, 3.8) is 0 Å². The molecule has 0 unspecified atom stereocenters. The van der Waals surface area contributed by atoms with Crippen LogP contribution in [0.3, 0.4) is 0 Å². The zero-order valence-corrected chi connectivity index (χ0v) is 30.6. The van der Waals surface area contributed by atoms with Crippen LogP contribution in [0.5, 0.6) is 5.75 Å². The molecule has 1 aromatic rings. The first-order valence-electron chi connectivity index (χ1n) is 17.0. The van der Waals surface area contributed by atoms with Gasteiger partial charge in [0, 0.05) is 26.1 Å². The summed E-state index contributed by atoms with van der Waals surface area (Å²) in [6, 6.07) is 3.49. The number of thioether (sulfide) groups is 1. The first-order valence-corrected chi connectivity index (χ1v) is 17.8. The average molecular weight is 775 g/mol. The van der Waals surface area contributed by atoms with Gasteiger partial charge in [-0.05, 0) is 80.5 Å². The number of carbonyl (C=O) groups is 6. The number of aliphatic imine (C=N–C) groups is 3. The van der Waals surface area contributed by atoms with E-state index in [0.717, 1.165) is 11.8 Å². The van der Waals surface area contributed by atoms with E-state index in [0.29, 0.717) is 30.6 Å². The van der Waals surface area contributed by atoms with Gasteiger partial charge in [0.1, 0.15) is 23.9 Å². The standard InChI is InChI=1S/C32H50N14O7S/c33-25(48)20(5-1-13-40-29(34)35)44-27(50)22(7-3-15-42-31(38)39)45-26(49)21(6-2-14-41-30(36)37)43-24(47)8-4-16-53-19-11-9-18(10-12-19)17-23-28(51)46-32(52)54-23/h9-12,17,20-22H,1-8,13-16H2,(H2,33,48)(H,43,47)(H,44,50)(H,45,49)(H4,34,35,40)(H4,36,37,41)(H4,38,39,42)(H,46,51,52)/t20-,21-,22-/m0/s1. The van der Waals surface area contributed by atoms with Crippen LogP contribution < -0.4 is 66.1 Å². The SMILES string of the molecule is NC(=O)[C@H](CCCN=C(N)N)NC(=O)[C@H](CCCN=C(N)N)NC(=O)[C@H](CCCN=C(N)N)NC(=O)CCCOc1ccc(C=C2SC(=O)NC2=O)cc1. The van der Waals surface area contributed by atoms with Gasteiger partial charge in [-0.25, -0.2) is 0 Å². The number of guanidine groups is 3. The maximum Gasteiger partial charge on any atom is 0.290 e. The first-order chi connectivity index (χ1) is 25.6. The van der Waals surface area contributed by atoms with E-state index >= 15 is 0 Å². The van der Waals surface area contributed by atoms with Gasteiger partial charge in [-0.15, -0.1) is 0 Å². The second-order valence-electron chi connectivity index (χ2n) is 11.9. The van der Waals surface area contributed by atoms with Gasteiger partial charge in [-0.3, -0.25) is 49.1 Å². The summed E-state index contributed by atoms with van der Waals surface area (Å²) in [5, 5.41) is 9.71. The van der Waals surface area contributed by atoms with E-state index in [4.69, 9.17) is 44.9 Å². The number of hydrogen-bond acceptors (Lipinski definition) is 11. The van der Waals surface area contributed by atoms with Crippen LogP contribution in [-0.4, -0.2) is 97.0 Å². The Hall–Kier alpha value is -6.06. The van der Waals surface area contributed by atoms with Crippen LogP contribution in [0.2, 0.25) is 0 Å². The van der Waals surface area contributed by atoms with Gasteiger partial charge in [0.05, 0.1) is 11.5 Å². The average Bonchev–Trinajstić information content (AvgIpc) is 3.42. The quantitative estimate of drug-likeness (QED) is 0.0220. The van der Waals surface area contributed by atoms with Gasteiger partial charge < -0.3 is 60.8 Å². The van der Waals surface area contributed by atoms with Gasteiger partial charge in [0.25, 0.3) is 11.1 Å². The minimum atomic E-state index is -1.16. The number of nitrogens with zero attached hydrogens (tertiary/aromatic N) is 3. The molecule has 0 bridgehead atoms. The fourth-order valence-corrected chi connectivity index (χ4v) is 5.48. The van der Waals surface area contributed by atoms with E-state index in [-0.39, 0.29) is 81.1 Å². The molecule has 296 valence electrons. The van der Waals surface area contributed by atoms with Crippen molar-refractivity contribution in [2.75, 3.05) is 26.2 Å². The van der Waals surface area contributed by atoms with Crippen molar-refractivity contribution in [3.8, 4) is 5.75 Å². The topological polar surface area (TPSA) is 379 Å². The zero-order chi connectivity index (χ0) is 40.0. The predicted octanol–water partition coefficient (Wildman–Crippen LogP) is -2.73. The van der Waals surface area contributed by atoms with Crippen molar-refractivity contribution < 1.29 is 33.5 Å². The highest BCUT2D eigenvalue weighted by molar-refractivity contribution is 8.18. The van der Waals surface area contributed by atoms with Crippen molar-refractivity contribution >= 4 is 70.5 Å². The highest BCUT2D eigenvalue weighted by Crippen LogP contribution is 2.26. The Labute approximate surface area is 316 Å². The van der Waals surface area contributed by atoms with Gasteiger partial charge in [-0.1, -0.05) is 12.1 Å². The van der Waals surface area contributed by atoms with Crippen molar-refractivity contribution in [1.29, 1.82) is 0 Å². The van der Waals surface area contributed by atoms with E-state index in [2.05, 4.69) is 36.2 Å². The van der Waals surface area contributed by atoms with E-state index in [1.807, 2.05) is 0 Å². The molecule has 21 nitrogen and oxygen atoms in total. The van der Waals surface area contributed by atoms with Crippen LogP contribution in [-0.2, 0) is 24.0 Å². The minimum absolute atomic E-state index is 0.00476. The number of nitrogens with one attached hydrogen (secondary N) is 4. The Balaban J connectivity index is 2.05. The molecule has 0 radical (unpaired) electrons. The summed E-state index contributed by atoms with van der Waals surface area (Å²) in [7, 11) is 0. The molecule has 1 saturated heterocycles. The normalized spacial score (nSPS) is 14.5. The summed E-state index contributed by atoms with van der Waals surface area (Å²) in [5.41, 5.74) is 38.5. The van der Waals surface area contributed by atoms with Gasteiger partial charge >= 0.3 is 0 Å². The molecule has 0 aliphatic carbocycles. The smallest absolute Gasteiger partial charge is 0.290 e. The number of hydrogen-bond donors (Lipinski definition) is 11. The molecule has 3 atom stereocenters. The molecule has 0 aromatic heterocycles. The zero-order valence-electron chi connectivity index (χ0n) is 29.8. The van der Waals surface area contributed by atoms with E-state index < -0.39 is 52.9 Å². The Morgan fingerprint density at radius 3 is 1.65 bits per heavy atom. The lowest BCUT2D eigenvalue weighted by Crippen LogP contribution is -2.56. The summed E-state index contributed by atoms with van der Waals surface area (Å²) in [5.74, 6) is -2.95. The van der Waals surface area contributed by atoms with Gasteiger partial charge in [0.15, 0.2) is 17.9 Å². The van der Waals surface area contributed by atoms with Crippen molar-refractivity contribution in [3.05, 3.63) is 34.7 Å². The Kier molecular flexibility index (Phi) is 19.2. The predicted molar refractivity (Wildman–Crippen MR) is 205 cm³/mol. The summed E-state index contributed by atoms with van der Waals surface area (Å²) < 4.78 is 5.73. The van der Waals surface area contributed by atoms with Crippen molar-refractivity contribution in [2.24, 2.45) is 55.1 Å².